The van der Waals surface area contributed by atoms with Gasteiger partial charge in [0, 0.05) is 23.0 Å². The molecule has 15 heteroatoms. The number of nitriles is 1. The largest absolute Gasteiger partial charge is 0.477 e. The Kier molecular flexibility index (Phi) is 9.06. The lowest BCUT2D eigenvalue weighted by Crippen LogP contribution is -2.71. The Morgan fingerprint density at radius 1 is 1.51 bits per heavy atom. The Morgan fingerprint density at radius 2 is 2.31 bits per heavy atom. The third kappa shape index (κ3) is 5.91. The smallest absolute Gasteiger partial charge is 0.352 e. The van der Waals surface area contributed by atoms with E-state index in [1.807, 2.05) is 6.07 Å². The van der Waals surface area contributed by atoms with Crippen molar-refractivity contribution in [2.75, 3.05) is 23.4 Å². The van der Waals surface area contributed by atoms with Crippen LogP contribution in [0.1, 0.15) is 5.69 Å². The number of carboxylic acid groups (broad SMARTS) is 1. The first kappa shape index (κ1) is 26.0. The number of carboxylic acids is 1. The highest BCUT2D eigenvalue weighted by molar-refractivity contribution is 8.02. The molecule has 0 saturated carbocycles. The number of β-lactam (4-membered cyclic amide) rings is 1. The third-order valence-corrected chi connectivity index (χ3v) is 7.48. The number of rotatable bonds is 12. The molecule has 0 aromatic carbocycles. The lowest BCUT2D eigenvalue weighted by atomic mass is 10.0. The number of aromatic nitrogens is 1. The first-order valence-corrected chi connectivity index (χ1v) is 12.7. The Morgan fingerprint density at radius 3 is 3.00 bits per heavy atom. The van der Waals surface area contributed by atoms with Crippen LogP contribution in [-0.4, -0.2) is 74.4 Å². The maximum absolute atomic E-state index is 13.0. The fraction of sp³-hybridized carbons (Fsp3) is 0.250. The number of carbonyl (C=O) groups is 4. The highest BCUT2D eigenvalue weighted by atomic mass is 32.2. The Bertz CT molecular complexity index is 1170. The summed E-state index contributed by atoms with van der Waals surface area (Å²) in [7, 11) is 0. The second kappa shape index (κ2) is 12.2. The molecule has 0 aliphatic carbocycles. The molecule has 1 aromatic rings. The number of hydrogen-bond donors (Lipinski definition) is 3. The van der Waals surface area contributed by atoms with Gasteiger partial charge in [0.05, 0.1) is 6.07 Å². The van der Waals surface area contributed by atoms with E-state index in [1.165, 1.54) is 41.1 Å². The van der Waals surface area contributed by atoms with Crippen LogP contribution < -0.4 is 10.6 Å². The van der Waals surface area contributed by atoms with E-state index in [1.54, 1.807) is 5.41 Å². The number of thioether (sulfide) groups is 2. The topological polar surface area (TPSA) is 174 Å². The molecule has 3 amide bonds. The van der Waals surface area contributed by atoms with Crippen molar-refractivity contribution in [3.8, 4) is 6.07 Å². The SMILES string of the molecule is C=CCON=C(C(=O)NC1C(=O)N2C(C(=O)O)=C(CSC=CC#N)CS[C@@H]12)c1csc(NC=O)n1. The summed E-state index contributed by atoms with van der Waals surface area (Å²) in [5, 5.41) is 29.7. The summed E-state index contributed by atoms with van der Waals surface area (Å²) in [6.45, 7) is 3.52. The average Bonchev–Trinajstić information content (AvgIpc) is 3.30. The van der Waals surface area contributed by atoms with Gasteiger partial charge in [0.2, 0.25) is 6.41 Å². The van der Waals surface area contributed by atoms with Gasteiger partial charge < -0.3 is 20.6 Å². The molecule has 1 aromatic heterocycles. The summed E-state index contributed by atoms with van der Waals surface area (Å²) >= 11 is 3.63. The number of hydrogen-bond acceptors (Lipinski definition) is 11. The number of amides is 3. The van der Waals surface area contributed by atoms with E-state index in [0.717, 1.165) is 16.2 Å². The van der Waals surface area contributed by atoms with Crippen LogP contribution in [0.2, 0.25) is 0 Å². The summed E-state index contributed by atoms with van der Waals surface area (Å²) in [6.07, 6.45) is 3.15. The van der Waals surface area contributed by atoms with E-state index >= 15 is 0 Å². The summed E-state index contributed by atoms with van der Waals surface area (Å²) in [6, 6.07) is 0.871. The van der Waals surface area contributed by atoms with E-state index < -0.39 is 29.2 Å². The molecule has 2 aliphatic heterocycles. The fourth-order valence-electron chi connectivity index (χ4n) is 3.09. The number of thiazole rings is 1. The van der Waals surface area contributed by atoms with Gasteiger partial charge in [0.25, 0.3) is 11.8 Å². The monoisotopic (exact) mass is 534 g/mol. The molecule has 3 rings (SSSR count). The number of carbonyl (C=O) groups excluding carboxylic acids is 3. The van der Waals surface area contributed by atoms with Gasteiger partial charge in [-0.25, -0.2) is 9.78 Å². The van der Waals surface area contributed by atoms with Gasteiger partial charge in [-0.15, -0.1) is 34.9 Å². The zero-order valence-electron chi connectivity index (χ0n) is 17.9. The maximum Gasteiger partial charge on any atom is 0.352 e. The molecule has 3 heterocycles. The van der Waals surface area contributed by atoms with Gasteiger partial charge in [0.1, 0.15) is 29.4 Å². The number of nitrogens with zero attached hydrogens (tertiary/aromatic N) is 4. The normalized spacial score (nSPS) is 19.5. The van der Waals surface area contributed by atoms with Crippen LogP contribution >= 0.6 is 34.9 Å². The van der Waals surface area contributed by atoms with Crippen molar-refractivity contribution in [3.63, 3.8) is 0 Å². The molecule has 1 fully saturated rings. The number of nitrogens with one attached hydrogen (secondary N) is 2. The van der Waals surface area contributed by atoms with Gasteiger partial charge >= 0.3 is 5.97 Å². The standard InChI is InChI=1S/C20H18N6O6S3/c1-2-5-32-25-13(12-9-35-20(23-12)22-10-27)16(28)24-14-17(29)26-15(19(30)31)11(8-34-18(14)26)7-33-6-3-4-21/h2-3,6,9-10,14,18H,1,5,7-8H2,(H,24,28)(H,30,31)(H,22,23,27)/t14?,18-/m0/s1. The summed E-state index contributed by atoms with van der Waals surface area (Å²) < 4.78 is 0. The Hall–Kier alpha value is -3.61. The molecule has 3 N–H and O–H groups in total. The minimum absolute atomic E-state index is 0.0199. The predicted octanol–water partition coefficient (Wildman–Crippen LogP) is 1.13. The second-order valence-electron chi connectivity index (χ2n) is 6.69. The molecular weight excluding hydrogens is 516 g/mol. The van der Waals surface area contributed by atoms with E-state index in [2.05, 4.69) is 27.4 Å². The van der Waals surface area contributed by atoms with E-state index in [9.17, 15) is 24.3 Å². The van der Waals surface area contributed by atoms with E-state index in [0.29, 0.717) is 23.5 Å². The molecule has 1 saturated heterocycles. The maximum atomic E-state index is 13.0. The molecule has 0 radical (unpaired) electrons. The first-order valence-electron chi connectivity index (χ1n) is 9.76. The zero-order chi connectivity index (χ0) is 25.4. The molecule has 1 unspecified atom stereocenters. The van der Waals surface area contributed by atoms with Gasteiger partial charge in [-0.1, -0.05) is 17.8 Å². The average molecular weight is 535 g/mol. The highest BCUT2D eigenvalue weighted by Gasteiger charge is 2.54. The molecule has 35 heavy (non-hydrogen) atoms. The molecule has 0 spiro atoms. The fourth-order valence-corrected chi connectivity index (χ4v) is 5.91. The van der Waals surface area contributed by atoms with Crippen LogP contribution in [-0.2, 0) is 24.0 Å². The lowest BCUT2D eigenvalue weighted by molar-refractivity contribution is -0.150. The molecule has 2 atom stereocenters. The minimum Gasteiger partial charge on any atom is -0.477 e. The molecular formula is C20H18N6O6S3. The Labute approximate surface area is 211 Å². The van der Waals surface area contributed by atoms with Crippen LogP contribution in [0.15, 0.2) is 45.9 Å². The van der Waals surface area contributed by atoms with Crippen molar-refractivity contribution in [2.45, 2.75) is 11.4 Å². The van der Waals surface area contributed by atoms with Crippen molar-refractivity contribution in [1.29, 1.82) is 5.26 Å². The molecule has 0 bridgehead atoms. The van der Waals surface area contributed by atoms with Gasteiger partial charge in [-0.05, 0) is 11.0 Å². The van der Waals surface area contributed by atoms with Gasteiger partial charge in [-0.3, -0.25) is 19.3 Å². The van der Waals surface area contributed by atoms with Crippen molar-refractivity contribution < 1.29 is 29.1 Å². The first-order chi connectivity index (χ1) is 16.9. The van der Waals surface area contributed by atoms with Crippen LogP contribution in [0.5, 0.6) is 0 Å². The van der Waals surface area contributed by atoms with Crippen molar-refractivity contribution in [1.82, 2.24) is 15.2 Å². The summed E-state index contributed by atoms with van der Waals surface area (Å²) in [5.74, 6) is -1.92. The Balaban J connectivity index is 1.77. The van der Waals surface area contributed by atoms with Gasteiger partial charge in [-0.2, -0.15) is 5.26 Å². The van der Waals surface area contributed by atoms with Crippen LogP contribution in [0.3, 0.4) is 0 Å². The number of fused-ring (bicyclic) bond motifs is 1. The quantitative estimate of drug-likeness (QED) is 0.0670. The number of oxime groups is 1. The van der Waals surface area contributed by atoms with Crippen LogP contribution in [0.4, 0.5) is 5.13 Å². The zero-order valence-corrected chi connectivity index (χ0v) is 20.3. The van der Waals surface area contributed by atoms with Crippen molar-refractivity contribution >= 4 is 69.9 Å². The van der Waals surface area contributed by atoms with Crippen molar-refractivity contribution in [3.05, 3.63) is 46.5 Å². The molecule has 182 valence electrons. The van der Waals surface area contributed by atoms with Crippen LogP contribution in [0.25, 0.3) is 0 Å². The second-order valence-corrected chi connectivity index (χ2v) is 9.54. The summed E-state index contributed by atoms with van der Waals surface area (Å²) in [4.78, 5) is 58.7. The lowest BCUT2D eigenvalue weighted by Gasteiger charge is -2.49. The van der Waals surface area contributed by atoms with Gasteiger partial charge in [0.15, 0.2) is 10.8 Å². The van der Waals surface area contributed by atoms with Crippen molar-refractivity contribution in [2.24, 2.45) is 5.16 Å². The predicted molar refractivity (Wildman–Crippen MR) is 131 cm³/mol. The summed E-state index contributed by atoms with van der Waals surface area (Å²) in [5.41, 5.74) is 0.331. The third-order valence-electron chi connectivity index (χ3n) is 4.53. The number of allylic oxidation sites excluding steroid dienone is 1. The van der Waals surface area contributed by atoms with Crippen LogP contribution in [0, 0.1) is 11.3 Å². The minimum atomic E-state index is -1.24. The molecule has 12 nitrogen and oxygen atoms in total. The number of aliphatic carboxylic acids is 1. The highest BCUT2D eigenvalue weighted by Crippen LogP contribution is 2.41. The molecule has 2 aliphatic rings. The van der Waals surface area contributed by atoms with E-state index in [4.69, 9.17) is 10.1 Å². The van der Waals surface area contributed by atoms with E-state index in [-0.39, 0.29) is 28.8 Å². The number of anilines is 1.